The molecule has 2 atom stereocenters. The summed E-state index contributed by atoms with van der Waals surface area (Å²) in [5, 5.41) is 2.90. The smallest absolute Gasteiger partial charge is 0.0652 e. The van der Waals surface area contributed by atoms with Crippen molar-refractivity contribution >= 4 is 68.8 Å². The van der Waals surface area contributed by atoms with E-state index in [2.05, 4.69) is 180 Å². The van der Waals surface area contributed by atoms with Gasteiger partial charge in [-0.05, 0) is 113 Å². The van der Waals surface area contributed by atoms with Gasteiger partial charge in [-0.25, -0.2) is 0 Å². The molecule has 1 aromatic heterocycles. The number of nitrogens with zero attached hydrogens (tertiary/aromatic N) is 2. The molecule has 0 bridgehead atoms. The molecule has 0 spiro atoms. The van der Waals surface area contributed by atoms with Crippen LogP contribution in [0.3, 0.4) is 0 Å². The Labute approximate surface area is 308 Å². The van der Waals surface area contributed by atoms with E-state index in [1.807, 2.05) is 23.1 Å². The fourth-order valence-electron chi connectivity index (χ4n) is 8.01. The lowest BCUT2D eigenvalue weighted by molar-refractivity contribution is 0.865. The molecule has 2 nitrogen and oxygen atoms in total. The number of para-hydroxylation sites is 2. The average molecular weight is 693 g/mol. The number of rotatable bonds is 6. The Kier molecular flexibility index (Phi) is 7.66. The highest BCUT2D eigenvalue weighted by Gasteiger charge is 2.38. The van der Waals surface area contributed by atoms with E-state index >= 15 is 0 Å². The molecule has 2 unspecified atom stereocenters. The van der Waals surface area contributed by atoms with Crippen LogP contribution in [-0.2, 0) is 12.8 Å². The highest BCUT2D eigenvalue weighted by molar-refractivity contribution is 8.02. The first kappa shape index (κ1) is 30.5. The van der Waals surface area contributed by atoms with Gasteiger partial charge in [0.15, 0.2) is 0 Å². The van der Waals surface area contributed by atoms with Crippen LogP contribution in [-0.4, -0.2) is 5.25 Å². The van der Waals surface area contributed by atoms with Gasteiger partial charge in [-0.15, -0.1) is 23.1 Å². The zero-order valence-electron chi connectivity index (χ0n) is 28.2. The fourth-order valence-corrected chi connectivity index (χ4v) is 11.0. The van der Waals surface area contributed by atoms with Gasteiger partial charge in [0.2, 0.25) is 0 Å². The topological polar surface area (TPSA) is 6.48 Å². The number of benzene rings is 5. The summed E-state index contributed by atoms with van der Waals surface area (Å²) in [6, 6.07) is 44.1. The summed E-state index contributed by atoms with van der Waals surface area (Å²) in [7, 11) is 0. The Morgan fingerprint density at radius 1 is 0.608 bits per heavy atom. The van der Waals surface area contributed by atoms with Gasteiger partial charge in [-0.2, -0.15) is 0 Å². The van der Waals surface area contributed by atoms with E-state index < -0.39 is 0 Å². The van der Waals surface area contributed by atoms with Crippen molar-refractivity contribution < 1.29 is 0 Å². The molecule has 1 aliphatic heterocycles. The highest BCUT2D eigenvalue weighted by Crippen LogP contribution is 2.56. The second-order valence-corrected chi connectivity index (χ2v) is 16.1. The lowest BCUT2D eigenvalue weighted by Gasteiger charge is -2.30. The van der Waals surface area contributed by atoms with E-state index in [9.17, 15) is 0 Å². The molecule has 0 amide bonds. The minimum Gasteiger partial charge on any atom is -0.311 e. The van der Waals surface area contributed by atoms with Crippen molar-refractivity contribution in [2.24, 2.45) is 0 Å². The van der Waals surface area contributed by atoms with Crippen LogP contribution in [0.15, 0.2) is 173 Å². The third kappa shape index (κ3) is 5.51. The molecule has 51 heavy (non-hydrogen) atoms. The first-order valence-corrected chi connectivity index (χ1v) is 19.6. The molecule has 0 radical (unpaired) electrons. The van der Waals surface area contributed by atoms with Crippen LogP contribution in [0.4, 0.5) is 22.7 Å². The summed E-state index contributed by atoms with van der Waals surface area (Å²) in [5.41, 5.74) is 12.8. The van der Waals surface area contributed by atoms with Gasteiger partial charge in [-0.1, -0.05) is 103 Å². The Hall–Kier alpha value is -5.29. The van der Waals surface area contributed by atoms with E-state index in [4.69, 9.17) is 0 Å². The largest absolute Gasteiger partial charge is 0.311 e. The third-order valence-corrected chi connectivity index (χ3v) is 13.2. The fraction of sp³-hybridized carbons (Fsp3) is 0.106. The molecule has 2 heterocycles. The van der Waals surface area contributed by atoms with Gasteiger partial charge in [0.05, 0.1) is 4.21 Å². The molecule has 3 aliphatic carbocycles. The predicted molar refractivity (Wildman–Crippen MR) is 220 cm³/mol. The molecule has 0 saturated heterocycles. The van der Waals surface area contributed by atoms with Crippen molar-refractivity contribution in [1.29, 1.82) is 0 Å². The molecule has 0 N–H and O–H groups in total. The number of hydrogen-bond donors (Lipinski definition) is 0. The van der Waals surface area contributed by atoms with Crippen molar-refractivity contribution in [3.05, 3.63) is 196 Å². The second kappa shape index (κ2) is 12.8. The van der Waals surface area contributed by atoms with Crippen molar-refractivity contribution in [2.75, 3.05) is 9.80 Å². The average Bonchev–Trinajstić information content (AvgIpc) is 3.63. The van der Waals surface area contributed by atoms with Crippen molar-refractivity contribution in [2.45, 2.75) is 34.6 Å². The van der Waals surface area contributed by atoms with Crippen LogP contribution in [0.2, 0.25) is 0 Å². The van der Waals surface area contributed by atoms with Gasteiger partial charge in [0.25, 0.3) is 0 Å². The quantitative estimate of drug-likeness (QED) is 0.172. The van der Waals surface area contributed by atoms with Crippen molar-refractivity contribution in [3.63, 3.8) is 0 Å². The van der Waals surface area contributed by atoms with Gasteiger partial charge in [0, 0.05) is 56.6 Å². The maximum atomic E-state index is 2.54. The highest BCUT2D eigenvalue weighted by atomic mass is 32.2. The van der Waals surface area contributed by atoms with Crippen LogP contribution >= 0.6 is 23.1 Å². The van der Waals surface area contributed by atoms with Crippen LogP contribution < -0.4 is 9.80 Å². The summed E-state index contributed by atoms with van der Waals surface area (Å²) >= 11 is 4.03. The number of hydrogen-bond acceptors (Lipinski definition) is 4. The van der Waals surface area contributed by atoms with Gasteiger partial charge >= 0.3 is 0 Å². The first-order chi connectivity index (χ1) is 25.3. The van der Waals surface area contributed by atoms with Crippen molar-refractivity contribution in [3.8, 4) is 0 Å². The lowest BCUT2D eigenvalue weighted by atomic mass is 9.89. The monoisotopic (exact) mass is 692 g/mol. The zero-order chi connectivity index (χ0) is 33.7. The summed E-state index contributed by atoms with van der Waals surface area (Å²) in [6.45, 7) is 0. The van der Waals surface area contributed by atoms with Gasteiger partial charge in [0.1, 0.15) is 0 Å². The van der Waals surface area contributed by atoms with Crippen LogP contribution in [0.1, 0.15) is 39.5 Å². The molecule has 4 heteroatoms. The number of thioether (sulfide) groups is 1. The maximum Gasteiger partial charge on any atom is 0.0652 e. The van der Waals surface area contributed by atoms with E-state index in [1.165, 1.54) is 76.3 Å². The van der Waals surface area contributed by atoms with Gasteiger partial charge in [-0.3, -0.25) is 0 Å². The van der Waals surface area contributed by atoms with E-state index in [-0.39, 0.29) is 5.92 Å². The molecular weight excluding hydrogens is 657 g/mol. The molecule has 5 aromatic carbocycles. The Morgan fingerprint density at radius 2 is 1.33 bits per heavy atom. The van der Waals surface area contributed by atoms with Crippen LogP contribution in [0.5, 0.6) is 0 Å². The number of allylic oxidation sites excluding steroid dienone is 5. The molecule has 10 rings (SSSR count). The third-order valence-electron chi connectivity index (χ3n) is 10.4. The zero-order valence-corrected chi connectivity index (χ0v) is 29.8. The lowest BCUT2D eigenvalue weighted by Crippen LogP contribution is -2.20. The molecular formula is C47H36N2S2. The summed E-state index contributed by atoms with van der Waals surface area (Å²) in [4.78, 5) is 6.33. The number of thiophene rings is 1. The number of aryl methyl sites for hydroxylation is 1. The minimum absolute atomic E-state index is 0.284. The summed E-state index contributed by atoms with van der Waals surface area (Å²) < 4.78 is 1.46. The summed E-state index contributed by atoms with van der Waals surface area (Å²) in [6.07, 6.45) is 22.3. The Morgan fingerprint density at radius 3 is 2.16 bits per heavy atom. The van der Waals surface area contributed by atoms with E-state index in [0.29, 0.717) is 5.25 Å². The molecule has 0 saturated carbocycles. The van der Waals surface area contributed by atoms with Gasteiger partial charge < -0.3 is 9.80 Å². The minimum atomic E-state index is 0.284. The van der Waals surface area contributed by atoms with Crippen LogP contribution in [0, 0.1) is 0 Å². The second-order valence-electron chi connectivity index (χ2n) is 13.6. The maximum absolute atomic E-state index is 2.54. The standard InChI is InChI=1S/C47H36N2S2/c1-3-16-36(17-4-1)48(39-24-22-32-12-7-9-14-34(32)28-39)38-20-11-21-44-42(30-38)46-43-31-41(26-27-45(43)51-47(46)50-44)49(37-18-5-2-6-19-37)40-25-23-33-13-8-10-15-35(33)29-40/h1-6,8-11,13-20,22-31,43,45H,7,12,21H2. The molecule has 6 aromatic rings. The van der Waals surface area contributed by atoms with Crippen LogP contribution in [0.25, 0.3) is 22.9 Å². The molecule has 4 aliphatic rings. The molecule has 0 fully saturated rings. The number of anilines is 4. The number of fused-ring (bicyclic) bond motifs is 7. The SMILES string of the molecule is C1=Cc2cc(N(C3=Cc4c(sc5c4C4C=C(N(c6ccccc6)c6ccc7ccccc7c6)C=CC4S5)CC=C3)c3ccccc3)ccc2CC1. The van der Waals surface area contributed by atoms with E-state index in [0.717, 1.165) is 19.3 Å². The Bertz CT molecular complexity index is 2450. The summed E-state index contributed by atoms with van der Waals surface area (Å²) in [5.74, 6) is 0.284. The predicted octanol–water partition coefficient (Wildman–Crippen LogP) is 13.0. The Balaban J connectivity index is 1.08. The van der Waals surface area contributed by atoms with E-state index in [1.54, 1.807) is 0 Å². The molecule has 246 valence electrons. The van der Waals surface area contributed by atoms with Crippen molar-refractivity contribution in [1.82, 2.24) is 0 Å². The first-order valence-electron chi connectivity index (χ1n) is 17.9. The normalized spacial score (nSPS) is 18.3.